The summed E-state index contributed by atoms with van der Waals surface area (Å²) >= 11 is 0. The number of carbonyl (C=O) groups is 1. The lowest BCUT2D eigenvalue weighted by Gasteiger charge is -2.15. The first-order valence-corrected chi connectivity index (χ1v) is 9.36. The smallest absolute Gasteiger partial charge is 0.265 e. The third-order valence-electron chi connectivity index (χ3n) is 4.82. The minimum absolute atomic E-state index is 0.192. The van der Waals surface area contributed by atoms with Crippen molar-refractivity contribution >= 4 is 28.6 Å². The largest absolute Gasteiger partial charge is 0.342 e. The molecule has 1 amide bonds. The minimum atomic E-state index is -0.381. The zero-order chi connectivity index (χ0) is 21.8. The van der Waals surface area contributed by atoms with Gasteiger partial charge in [0.15, 0.2) is 0 Å². The van der Waals surface area contributed by atoms with Crippen molar-refractivity contribution in [2.24, 2.45) is 18.0 Å². The van der Waals surface area contributed by atoms with E-state index in [9.17, 15) is 4.79 Å². The van der Waals surface area contributed by atoms with Gasteiger partial charge in [0.05, 0.1) is 11.9 Å². The molecule has 154 valence electrons. The van der Waals surface area contributed by atoms with E-state index in [1.807, 2.05) is 42.2 Å². The number of azide groups is 1. The first kappa shape index (κ1) is 19.9. The number of hydrogen-bond donors (Lipinski definition) is 1. The molecule has 0 saturated heterocycles. The molecule has 0 radical (unpaired) electrons. The van der Waals surface area contributed by atoms with Crippen LogP contribution in [0.15, 0.2) is 72.5 Å². The summed E-state index contributed by atoms with van der Waals surface area (Å²) in [6.45, 7) is 0.192. The summed E-state index contributed by atoms with van der Waals surface area (Å²) in [6, 6.07) is 9.12. The van der Waals surface area contributed by atoms with E-state index in [0.717, 1.165) is 32.6 Å². The molecule has 0 aliphatic heterocycles. The topological polar surface area (TPSA) is 131 Å². The van der Waals surface area contributed by atoms with Gasteiger partial charge >= 0.3 is 0 Å². The first-order chi connectivity index (χ1) is 15.1. The molecule has 0 aliphatic rings. The van der Waals surface area contributed by atoms with E-state index in [1.54, 1.807) is 41.5 Å². The van der Waals surface area contributed by atoms with Crippen LogP contribution in [-0.4, -0.2) is 25.2 Å². The minimum Gasteiger partial charge on any atom is -0.342 e. The van der Waals surface area contributed by atoms with Crippen molar-refractivity contribution in [2.75, 3.05) is 5.01 Å². The molecule has 0 spiro atoms. The van der Waals surface area contributed by atoms with Gasteiger partial charge in [-0.1, -0.05) is 5.11 Å². The molecule has 0 bridgehead atoms. The summed E-state index contributed by atoms with van der Waals surface area (Å²) in [6.07, 6.45) is 11.9. The predicted octanol–water partition coefficient (Wildman–Crippen LogP) is 3.62. The number of nitrogens with two attached hydrogens (primary N) is 1. The van der Waals surface area contributed by atoms with Crippen LogP contribution < -0.4 is 10.9 Å². The highest BCUT2D eigenvalue weighted by molar-refractivity contribution is 6.04. The standard InChI is InChI=1S/C21H19N9O/c1-28-13-17(12-26-28)19-6-8-24-11-16(19)2-5-21(31)30(23)18-3-4-20-15(10-18)7-9-29(20)14-25-27-22/h2-13H,14,23H2,1H3/b5-2+. The lowest BCUT2D eigenvalue weighted by Crippen LogP contribution is -2.36. The third kappa shape index (κ3) is 4.15. The Morgan fingerprint density at radius 3 is 2.97 bits per heavy atom. The molecule has 10 heteroatoms. The van der Waals surface area contributed by atoms with Crippen LogP contribution in [0.3, 0.4) is 0 Å². The van der Waals surface area contributed by atoms with Gasteiger partial charge in [0.1, 0.15) is 6.67 Å². The van der Waals surface area contributed by atoms with Crippen molar-refractivity contribution in [3.05, 3.63) is 83.4 Å². The highest BCUT2D eigenvalue weighted by Gasteiger charge is 2.11. The van der Waals surface area contributed by atoms with Crippen LogP contribution in [0.1, 0.15) is 5.56 Å². The summed E-state index contributed by atoms with van der Waals surface area (Å²) in [5.41, 5.74) is 12.5. The maximum atomic E-state index is 12.7. The van der Waals surface area contributed by atoms with E-state index in [0.29, 0.717) is 5.69 Å². The molecule has 3 aromatic heterocycles. The molecule has 1 aromatic carbocycles. The van der Waals surface area contributed by atoms with Crippen molar-refractivity contribution in [3.63, 3.8) is 0 Å². The highest BCUT2D eigenvalue weighted by atomic mass is 16.2. The average Bonchev–Trinajstić information content (AvgIpc) is 3.41. The number of pyridine rings is 1. The number of amides is 1. The molecule has 2 N–H and O–H groups in total. The number of aryl methyl sites for hydroxylation is 1. The quantitative estimate of drug-likeness (QED) is 0.0983. The number of hydrazine groups is 1. The van der Waals surface area contributed by atoms with Gasteiger partial charge in [-0.3, -0.25) is 14.5 Å². The maximum absolute atomic E-state index is 12.7. The second kappa shape index (κ2) is 8.54. The number of benzene rings is 1. The molecule has 10 nitrogen and oxygen atoms in total. The van der Waals surface area contributed by atoms with Gasteiger partial charge in [-0.15, -0.1) is 0 Å². The highest BCUT2D eigenvalue weighted by Crippen LogP contribution is 2.24. The lowest BCUT2D eigenvalue weighted by molar-refractivity contribution is -0.114. The Hall–Kier alpha value is -4.40. The van der Waals surface area contributed by atoms with Crippen LogP contribution in [0.2, 0.25) is 0 Å². The Balaban J connectivity index is 1.55. The Kier molecular flexibility index (Phi) is 5.48. The molecule has 0 unspecified atom stereocenters. The molecule has 4 aromatic rings. The SMILES string of the molecule is Cn1cc(-c2ccncc2/C=C/C(=O)N(N)c2ccc3c(ccn3CN=[N+]=[N-])c2)cn1. The Bertz CT molecular complexity index is 1330. The number of hydrogen-bond acceptors (Lipinski definition) is 5. The Morgan fingerprint density at radius 1 is 1.32 bits per heavy atom. The Labute approximate surface area is 177 Å². The van der Waals surface area contributed by atoms with Gasteiger partial charge in [0, 0.05) is 64.9 Å². The van der Waals surface area contributed by atoms with Crippen molar-refractivity contribution in [2.45, 2.75) is 6.67 Å². The molecule has 3 heterocycles. The summed E-state index contributed by atoms with van der Waals surface area (Å²) < 4.78 is 3.52. The van der Waals surface area contributed by atoms with Gasteiger partial charge in [0.2, 0.25) is 0 Å². The second-order valence-electron chi connectivity index (χ2n) is 6.81. The van der Waals surface area contributed by atoms with Crippen LogP contribution >= 0.6 is 0 Å². The molecular weight excluding hydrogens is 394 g/mol. The van der Waals surface area contributed by atoms with Crippen LogP contribution in [0, 0.1) is 0 Å². The van der Waals surface area contributed by atoms with Gasteiger partial charge in [0.25, 0.3) is 5.91 Å². The van der Waals surface area contributed by atoms with Crippen molar-refractivity contribution < 1.29 is 4.79 Å². The number of aromatic nitrogens is 4. The first-order valence-electron chi connectivity index (χ1n) is 9.36. The number of anilines is 1. The fraction of sp³-hybridized carbons (Fsp3) is 0.0952. The van der Waals surface area contributed by atoms with Gasteiger partial charge in [-0.2, -0.15) is 5.10 Å². The summed E-state index contributed by atoms with van der Waals surface area (Å²) in [7, 11) is 1.85. The number of rotatable bonds is 6. The van der Waals surface area contributed by atoms with Crippen molar-refractivity contribution in [1.29, 1.82) is 0 Å². The zero-order valence-corrected chi connectivity index (χ0v) is 16.7. The Morgan fingerprint density at radius 2 is 2.19 bits per heavy atom. The molecule has 0 aliphatic carbocycles. The fourth-order valence-electron chi connectivity index (χ4n) is 3.29. The summed E-state index contributed by atoms with van der Waals surface area (Å²) in [5.74, 6) is 5.68. The van der Waals surface area contributed by atoms with E-state index >= 15 is 0 Å². The fourth-order valence-corrected chi connectivity index (χ4v) is 3.29. The van der Waals surface area contributed by atoms with E-state index < -0.39 is 0 Å². The monoisotopic (exact) mass is 413 g/mol. The molecule has 0 atom stereocenters. The van der Waals surface area contributed by atoms with Crippen LogP contribution in [0.5, 0.6) is 0 Å². The summed E-state index contributed by atoms with van der Waals surface area (Å²) in [5, 5.41) is 9.72. The predicted molar refractivity (Wildman–Crippen MR) is 118 cm³/mol. The van der Waals surface area contributed by atoms with Crippen LogP contribution in [-0.2, 0) is 18.5 Å². The number of nitrogens with zero attached hydrogens (tertiary/aromatic N) is 8. The maximum Gasteiger partial charge on any atom is 0.265 e. The van der Waals surface area contributed by atoms with Crippen LogP contribution in [0.4, 0.5) is 5.69 Å². The molecule has 0 saturated carbocycles. The average molecular weight is 413 g/mol. The van der Waals surface area contributed by atoms with Gasteiger partial charge in [-0.05, 0) is 47.5 Å². The lowest BCUT2D eigenvalue weighted by atomic mass is 10.0. The van der Waals surface area contributed by atoms with E-state index in [4.69, 9.17) is 11.4 Å². The number of fused-ring (bicyclic) bond motifs is 1. The normalized spacial score (nSPS) is 11.0. The molecule has 4 rings (SSSR count). The van der Waals surface area contributed by atoms with Crippen molar-refractivity contribution in [3.8, 4) is 11.1 Å². The van der Waals surface area contributed by atoms with Gasteiger partial charge < -0.3 is 4.57 Å². The van der Waals surface area contributed by atoms with Crippen molar-refractivity contribution in [1.82, 2.24) is 19.3 Å². The van der Waals surface area contributed by atoms with E-state index in [2.05, 4.69) is 20.1 Å². The third-order valence-corrected chi connectivity index (χ3v) is 4.82. The van der Waals surface area contributed by atoms with Gasteiger partial charge in [-0.25, -0.2) is 10.9 Å². The molecule has 31 heavy (non-hydrogen) atoms. The summed E-state index contributed by atoms with van der Waals surface area (Å²) in [4.78, 5) is 19.6. The second-order valence-corrected chi connectivity index (χ2v) is 6.81. The zero-order valence-electron chi connectivity index (χ0n) is 16.7. The molecular formula is C21H19N9O. The van der Waals surface area contributed by atoms with E-state index in [-0.39, 0.29) is 12.6 Å². The van der Waals surface area contributed by atoms with E-state index in [1.165, 1.54) is 6.08 Å². The van der Waals surface area contributed by atoms with Crippen LogP contribution in [0.25, 0.3) is 38.5 Å². The molecule has 0 fully saturated rings. The number of carbonyl (C=O) groups excluding carboxylic acids is 1.